The van der Waals surface area contributed by atoms with Crippen LogP contribution in [0, 0.1) is 0 Å². The molecule has 5 nitrogen and oxygen atoms in total. The highest BCUT2D eigenvalue weighted by atomic mass is 16.5. The van der Waals surface area contributed by atoms with E-state index in [1.54, 1.807) is 6.07 Å². The summed E-state index contributed by atoms with van der Waals surface area (Å²) in [6.45, 7) is 1.35. The Kier molecular flexibility index (Phi) is 4.93. The second kappa shape index (κ2) is 6.22. The van der Waals surface area contributed by atoms with E-state index in [9.17, 15) is 9.90 Å². The van der Waals surface area contributed by atoms with Gasteiger partial charge in [0.25, 0.3) is 0 Å². The van der Waals surface area contributed by atoms with Crippen molar-refractivity contribution in [2.24, 2.45) is 5.73 Å². The van der Waals surface area contributed by atoms with E-state index in [0.717, 1.165) is 5.56 Å². The number of aliphatic hydroxyl groups is 1. The number of carbonyl (C=O) groups excluding carboxylic acids is 1. The number of nitrogens with two attached hydrogens (primary N) is 1. The number of aliphatic hydroxyl groups excluding tert-OH is 1. The fraction of sp³-hybridized carbons (Fsp3) is 0.417. The number of phenols is 1. The third-order valence-corrected chi connectivity index (χ3v) is 2.34. The van der Waals surface area contributed by atoms with E-state index in [4.69, 9.17) is 15.6 Å². The molecule has 5 heteroatoms. The van der Waals surface area contributed by atoms with Crippen LogP contribution >= 0.6 is 0 Å². The average Bonchev–Trinajstić information content (AvgIpc) is 2.28. The molecular formula is C12H17NO4. The molecule has 4 N–H and O–H groups in total. The van der Waals surface area contributed by atoms with Crippen molar-refractivity contribution in [1.82, 2.24) is 0 Å². The monoisotopic (exact) mass is 239 g/mol. The van der Waals surface area contributed by atoms with Crippen molar-refractivity contribution < 1.29 is 19.7 Å². The van der Waals surface area contributed by atoms with Gasteiger partial charge in [-0.15, -0.1) is 0 Å². The minimum atomic E-state index is -0.488. The van der Waals surface area contributed by atoms with Crippen LogP contribution in [0.4, 0.5) is 0 Å². The van der Waals surface area contributed by atoms with Crippen molar-refractivity contribution in [3.8, 4) is 11.5 Å². The van der Waals surface area contributed by atoms with Crippen LogP contribution in [0.1, 0.15) is 31.4 Å². The van der Waals surface area contributed by atoms with Crippen LogP contribution in [0.3, 0.4) is 0 Å². The van der Waals surface area contributed by atoms with Gasteiger partial charge in [-0.2, -0.15) is 0 Å². The summed E-state index contributed by atoms with van der Waals surface area (Å²) in [5, 5.41) is 18.3. The van der Waals surface area contributed by atoms with Gasteiger partial charge in [-0.3, -0.25) is 4.79 Å². The third-order valence-electron chi connectivity index (χ3n) is 2.34. The summed E-state index contributed by atoms with van der Waals surface area (Å²) in [6.07, 6.45) is 1.23. The first kappa shape index (κ1) is 13.5. The molecule has 0 aliphatic heterocycles. The van der Waals surface area contributed by atoms with Gasteiger partial charge in [0.15, 0.2) is 11.5 Å². The van der Waals surface area contributed by atoms with Crippen LogP contribution in [0.25, 0.3) is 0 Å². The molecule has 1 atom stereocenters. The van der Waals surface area contributed by atoms with E-state index >= 15 is 0 Å². The van der Waals surface area contributed by atoms with E-state index < -0.39 is 5.97 Å². The molecular weight excluding hydrogens is 222 g/mol. The van der Waals surface area contributed by atoms with Crippen LogP contribution in [0.2, 0.25) is 0 Å². The number of hydrogen-bond acceptors (Lipinski definition) is 5. The Balaban J connectivity index is 2.77. The van der Waals surface area contributed by atoms with E-state index in [1.165, 1.54) is 19.1 Å². The highest BCUT2D eigenvalue weighted by Gasteiger charge is 2.10. The molecule has 17 heavy (non-hydrogen) atoms. The molecule has 0 radical (unpaired) electrons. The van der Waals surface area contributed by atoms with Gasteiger partial charge >= 0.3 is 5.97 Å². The minimum absolute atomic E-state index is 0.0885. The smallest absolute Gasteiger partial charge is 0.308 e. The molecule has 0 aliphatic rings. The summed E-state index contributed by atoms with van der Waals surface area (Å²) in [7, 11) is 0. The maximum Gasteiger partial charge on any atom is 0.308 e. The zero-order valence-electron chi connectivity index (χ0n) is 9.72. The normalized spacial score (nSPS) is 12.2. The van der Waals surface area contributed by atoms with Crippen LogP contribution in [-0.4, -0.2) is 22.8 Å². The zero-order valence-corrected chi connectivity index (χ0v) is 9.72. The van der Waals surface area contributed by atoms with Crippen molar-refractivity contribution in [2.45, 2.75) is 25.8 Å². The molecule has 0 spiro atoms. The molecule has 94 valence electrons. The maximum atomic E-state index is 10.7. The number of rotatable bonds is 5. The number of aromatic hydroxyl groups is 1. The highest BCUT2D eigenvalue weighted by molar-refractivity contribution is 5.70. The second-order valence-corrected chi connectivity index (χ2v) is 3.79. The lowest BCUT2D eigenvalue weighted by Crippen LogP contribution is -2.11. The maximum absolute atomic E-state index is 10.7. The molecule has 0 heterocycles. The number of ether oxygens (including phenoxy) is 1. The number of esters is 1. The van der Waals surface area contributed by atoms with Gasteiger partial charge in [-0.25, -0.2) is 0 Å². The van der Waals surface area contributed by atoms with Crippen molar-refractivity contribution >= 4 is 5.97 Å². The van der Waals surface area contributed by atoms with Crippen LogP contribution in [-0.2, 0) is 4.79 Å². The molecule has 0 unspecified atom stereocenters. The summed E-state index contributed by atoms with van der Waals surface area (Å²) in [4.78, 5) is 10.7. The fourth-order valence-corrected chi connectivity index (χ4v) is 1.48. The number of carbonyl (C=O) groups is 1. The summed E-state index contributed by atoms with van der Waals surface area (Å²) in [5.74, 6) is -0.481. The Morgan fingerprint density at radius 2 is 2.24 bits per heavy atom. The number of benzene rings is 1. The molecule has 1 rings (SSSR count). The Morgan fingerprint density at radius 3 is 2.76 bits per heavy atom. The van der Waals surface area contributed by atoms with Gasteiger partial charge < -0.3 is 20.7 Å². The van der Waals surface area contributed by atoms with Gasteiger partial charge in [0.2, 0.25) is 0 Å². The fourth-order valence-electron chi connectivity index (χ4n) is 1.48. The number of hydrogen-bond donors (Lipinski definition) is 3. The molecule has 0 saturated carbocycles. The van der Waals surface area contributed by atoms with E-state index in [1.807, 2.05) is 0 Å². The first-order valence-electron chi connectivity index (χ1n) is 5.42. The van der Waals surface area contributed by atoms with Crippen LogP contribution in [0.15, 0.2) is 18.2 Å². The second-order valence-electron chi connectivity index (χ2n) is 3.79. The molecule has 0 aliphatic carbocycles. The van der Waals surface area contributed by atoms with Gasteiger partial charge in [0.05, 0.1) is 0 Å². The van der Waals surface area contributed by atoms with Crippen molar-refractivity contribution in [3.63, 3.8) is 0 Å². The lowest BCUT2D eigenvalue weighted by Gasteiger charge is -2.12. The summed E-state index contributed by atoms with van der Waals surface area (Å²) >= 11 is 0. The van der Waals surface area contributed by atoms with E-state index in [2.05, 4.69) is 0 Å². The van der Waals surface area contributed by atoms with Crippen molar-refractivity contribution in [3.05, 3.63) is 23.8 Å². The van der Waals surface area contributed by atoms with Crippen molar-refractivity contribution in [2.75, 3.05) is 6.61 Å². The molecule has 1 aromatic rings. The molecule has 0 aromatic heterocycles. The predicted molar refractivity (Wildman–Crippen MR) is 62.7 cm³/mol. The molecule has 1 aromatic carbocycles. The standard InChI is InChI=1S/C12H17NO4/c1-8(15)17-12-5-4-9(7-11(12)16)10(13)3-2-6-14/h4-5,7,10,14,16H,2-3,6,13H2,1H3/t10-/m1/s1. The van der Waals surface area contributed by atoms with Gasteiger partial charge in [-0.1, -0.05) is 6.07 Å². The molecule has 0 saturated heterocycles. The van der Waals surface area contributed by atoms with Gasteiger partial charge in [-0.05, 0) is 30.5 Å². The topological polar surface area (TPSA) is 92.8 Å². The van der Waals surface area contributed by atoms with Crippen LogP contribution < -0.4 is 10.5 Å². The Hall–Kier alpha value is -1.59. The largest absolute Gasteiger partial charge is 0.504 e. The Morgan fingerprint density at radius 1 is 1.53 bits per heavy atom. The first-order chi connectivity index (χ1) is 8.04. The lowest BCUT2D eigenvalue weighted by atomic mass is 10.0. The van der Waals surface area contributed by atoms with Crippen molar-refractivity contribution in [1.29, 1.82) is 0 Å². The Bertz CT molecular complexity index is 392. The quantitative estimate of drug-likeness (QED) is 0.528. The van der Waals surface area contributed by atoms with Gasteiger partial charge in [0.1, 0.15) is 0 Å². The highest BCUT2D eigenvalue weighted by Crippen LogP contribution is 2.29. The van der Waals surface area contributed by atoms with Crippen LogP contribution in [0.5, 0.6) is 11.5 Å². The predicted octanol–water partition coefficient (Wildman–Crippen LogP) is 1.09. The zero-order chi connectivity index (χ0) is 12.8. The first-order valence-corrected chi connectivity index (χ1v) is 5.42. The Labute approximate surface area is 99.8 Å². The van der Waals surface area contributed by atoms with E-state index in [0.29, 0.717) is 12.8 Å². The third kappa shape index (κ3) is 4.05. The molecule has 0 fully saturated rings. The summed E-state index contributed by atoms with van der Waals surface area (Å²) in [5.41, 5.74) is 6.61. The summed E-state index contributed by atoms with van der Waals surface area (Å²) < 4.78 is 4.79. The lowest BCUT2D eigenvalue weighted by molar-refractivity contribution is -0.132. The molecule has 0 amide bonds. The van der Waals surface area contributed by atoms with E-state index in [-0.39, 0.29) is 24.1 Å². The average molecular weight is 239 g/mol. The minimum Gasteiger partial charge on any atom is -0.504 e. The summed E-state index contributed by atoms with van der Waals surface area (Å²) in [6, 6.07) is 4.42. The SMILES string of the molecule is CC(=O)Oc1ccc([C@H](N)CCCO)cc1O. The number of phenolic OH excluding ortho intramolecular Hbond substituents is 1. The van der Waals surface area contributed by atoms with Gasteiger partial charge in [0, 0.05) is 19.6 Å². The molecule has 0 bridgehead atoms.